The highest BCUT2D eigenvalue weighted by Crippen LogP contribution is 2.37. The van der Waals surface area contributed by atoms with Gasteiger partial charge in [0.25, 0.3) is 5.91 Å². The number of hydrogen-bond acceptors (Lipinski definition) is 5. The predicted molar refractivity (Wildman–Crippen MR) is 119 cm³/mol. The lowest BCUT2D eigenvalue weighted by Gasteiger charge is -2.31. The molecule has 2 aromatic heterocycles. The van der Waals surface area contributed by atoms with Gasteiger partial charge in [0.15, 0.2) is 0 Å². The molecule has 0 atom stereocenters. The zero-order chi connectivity index (χ0) is 21.5. The van der Waals surface area contributed by atoms with Gasteiger partial charge in [0.1, 0.15) is 22.8 Å². The molecule has 0 saturated carbocycles. The zero-order valence-corrected chi connectivity index (χ0v) is 18.3. The number of halogens is 2. The van der Waals surface area contributed by atoms with Crippen LogP contribution in [0.25, 0.3) is 21.5 Å². The first-order chi connectivity index (χ1) is 15.0. The molecule has 8 heteroatoms. The first-order valence-electron chi connectivity index (χ1n) is 10.1. The molecule has 0 aliphatic carbocycles. The standard InChI is InChI=1S/C23H19ClFN3O2S/c1-13-19(21(27-30-13)20-15(24)5-4-6-16(20)25)23(29)28-11-9-14(10-12-28)22-26-17-7-2-3-8-18(17)31-22/h2-8,14H,9-12H2,1H3. The van der Waals surface area contributed by atoms with Crippen LogP contribution in [0.3, 0.4) is 0 Å². The fraction of sp³-hybridized carbons (Fsp3) is 0.261. The normalized spacial score (nSPS) is 15.0. The summed E-state index contributed by atoms with van der Waals surface area (Å²) in [5, 5.41) is 5.27. The molecule has 5 rings (SSSR count). The van der Waals surface area contributed by atoms with Crippen LogP contribution >= 0.6 is 22.9 Å². The Balaban J connectivity index is 1.37. The van der Waals surface area contributed by atoms with Gasteiger partial charge < -0.3 is 9.42 Å². The van der Waals surface area contributed by atoms with Gasteiger partial charge in [-0.1, -0.05) is 35.0 Å². The molecule has 0 bridgehead atoms. The molecule has 0 spiro atoms. The van der Waals surface area contributed by atoms with Crippen molar-refractivity contribution in [1.29, 1.82) is 0 Å². The van der Waals surface area contributed by atoms with Crippen molar-refractivity contribution in [1.82, 2.24) is 15.0 Å². The van der Waals surface area contributed by atoms with Gasteiger partial charge in [-0.2, -0.15) is 0 Å². The highest BCUT2D eigenvalue weighted by atomic mass is 35.5. The van der Waals surface area contributed by atoms with Crippen LogP contribution in [0.5, 0.6) is 0 Å². The third-order valence-corrected chi connectivity index (χ3v) is 7.23. The Kier molecular flexibility index (Phi) is 5.24. The minimum atomic E-state index is -0.538. The second-order valence-corrected chi connectivity index (χ2v) is 9.11. The number of benzene rings is 2. The molecule has 0 N–H and O–H groups in total. The largest absolute Gasteiger partial charge is 0.360 e. The van der Waals surface area contributed by atoms with Crippen LogP contribution in [0.15, 0.2) is 47.0 Å². The summed E-state index contributed by atoms with van der Waals surface area (Å²) in [4.78, 5) is 19.9. The number of aryl methyl sites for hydroxylation is 1. The second kappa shape index (κ2) is 8.05. The Morgan fingerprint density at radius 1 is 1.19 bits per heavy atom. The van der Waals surface area contributed by atoms with Crippen molar-refractivity contribution in [3.05, 3.63) is 69.6 Å². The van der Waals surface area contributed by atoms with E-state index >= 15 is 0 Å². The topological polar surface area (TPSA) is 59.2 Å². The smallest absolute Gasteiger partial charge is 0.259 e. The predicted octanol–water partition coefficient (Wildman–Crippen LogP) is 6.07. The highest BCUT2D eigenvalue weighted by Gasteiger charge is 2.32. The van der Waals surface area contributed by atoms with Crippen molar-refractivity contribution in [3.63, 3.8) is 0 Å². The van der Waals surface area contributed by atoms with Gasteiger partial charge >= 0.3 is 0 Å². The maximum Gasteiger partial charge on any atom is 0.259 e. The molecule has 31 heavy (non-hydrogen) atoms. The summed E-state index contributed by atoms with van der Waals surface area (Å²) < 4.78 is 20.9. The summed E-state index contributed by atoms with van der Waals surface area (Å²) in [6, 6.07) is 12.5. The van der Waals surface area contributed by atoms with Crippen molar-refractivity contribution in [2.24, 2.45) is 0 Å². The number of nitrogens with zero attached hydrogens (tertiary/aromatic N) is 3. The number of para-hydroxylation sites is 1. The summed E-state index contributed by atoms with van der Waals surface area (Å²) in [5.74, 6) is -0.0710. The van der Waals surface area contributed by atoms with Crippen LogP contribution in [-0.2, 0) is 0 Å². The van der Waals surface area contributed by atoms with E-state index in [-0.39, 0.29) is 27.8 Å². The number of aromatic nitrogens is 2. The quantitative estimate of drug-likeness (QED) is 0.376. The Morgan fingerprint density at radius 3 is 2.71 bits per heavy atom. The van der Waals surface area contributed by atoms with Crippen LogP contribution in [0.4, 0.5) is 4.39 Å². The zero-order valence-electron chi connectivity index (χ0n) is 16.8. The van der Waals surface area contributed by atoms with Gasteiger partial charge in [0, 0.05) is 19.0 Å². The SMILES string of the molecule is Cc1onc(-c2c(F)cccc2Cl)c1C(=O)N1CCC(c2nc3ccccc3s2)CC1. The molecule has 0 radical (unpaired) electrons. The second-order valence-electron chi connectivity index (χ2n) is 7.65. The van der Waals surface area contributed by atoms with Crippen LogP contribution in [0.1, 0.15) is 39.9 Å². The molecular weight excluding hydrogens is 437 g/mol. The van der Waals surface area contributed by atoms with E-state index in [1.165, 1.54) is 16.8 Å². The molecule has 5 nitrogen and oxygen atoms in total. The number of carbonyl (C=O) groups is 1. The van der Waals surface area contributed by atoms with Gasteiger partial charge in [0.05, 0.1) is 25.8 Å². The number of fused-ring (bicyclic) bond motifs is 1. The number of rotatable bonds is 3. The van der Waals surface area contributed by atoms with Gasteiger partial charge in [-0.05, 0) is 44.0 Å². The molecule has 1 fully saturated rings. The van der Waals surface area contributed by atoms with Crippen molar-refractivity contribution >= 4 is 39.1 Å². The number of amides is 1. The molecule has 1 amide bonds. The van der Waals surface area contributed by atoms with E-state index in [9.17, 15) is 9.18 Å². The lowest BCUT2D eigenvalue weighted by atomic mass is 9.96. The molecule has 158 valence electrons. The van der Waals surface area contributed by atoms with Crippen molar-refractivity contribution < 1.29 is 13.7 Å². The van der Waals surface area contributed by atoms with Crippen LogP contribution in [0.2, 0.25) is 5.02 Å². The minimum Gasteiger partial charge on any atom is -0.360 e. The van der Waals surface area contributed by atoms with Crippen molar-refractivity contribution in [2.45, 2.75) is 25.7 Å². The average Bonchev–Trinajstić information content (AvgIpc) is 3.37. The summed E-state index contributed by atoms with van der Waals surface area (Å²) in [6.45, 7) is 2.84. The molecule has 0 unspecified atom stereocenters. The maximum absolute atomic E-state index is 14.5. The molecule has 4 aromatic rings. The molecule has 1 aliphatic rings. The van der Waals surface area contributed by atoms with Gasteiger partial charge in [0.2, 0.25) is 0 Å². The van der Waals surface area contributed by atoms with Crippen molar-refractivity contribution in [2.75, 3.05) is 13.1 Å². The number of piperidine rings is 1. The monoisotopic (exact) mass is 455 g/mol. The third-order valence-electron chi connectivity index (χ3n) is 5.72. The minimum absolute atomic E-state index is 0.0914. The Hall–Kier alpha value is -2.77. The lowest BCUT2D eigenvalue weighted by molar-refractivity contribution is 0.0712. The molecular formula is C23H19ClFN3O2S. The molecule has 2 aromatic carbocycles. The molecule has 1 saturated heterocycles. The van der Waals surface area contributed by atoms with Gasteiger partial charge in [-0.25, -0.2) is 9.37 Å². The highest BCUT2D eigenvalue weighted by molar-refractivity contribution is 7.18. The van der Waals surface area contributed by atoms with E-state index in [4.69, 9.17) is 21.1 Å². The number of carbonyl (C=O) groups excluding carboxylic acids is 1. The van der Waals surface area contributed by atoms with Crippen LogP contribution < -0.4 is 0 Å². The van der Waals surface area contributed by atoms with E-state index in [0.717, 1.165) is 23.4 Å². The fourth-order valence-corrected chi connectivity index (χ4v) is 5.46. The van der Waals surface area contributed by atoms with Gasteiger partial charge in [-0.15, -0.1) is 11.3 Å². The third kappa shape index (κ3) is 3.62. The summed E-state index contributed by atoms with van der Waals surface area (Å²) in [5.41, 5.74) is 1.53. The Bertz CT molecular complexity index is 1220. The first kappa shape index (κ1) is 20.2. The number of thiazole rings is 1. The Labute approximate surface area is 187 Å². The van der Waals surface area contributed by atoms with E-state index in [1.807, 2.05) is 18.2 Å². The maximum atomic E-state index is 14.5. The summed E-state index contributed by atoms with van der Waals surface area (Å²) in [7, 11) is 0. The van der Waals surface area contributed by atoms with Gasteiger partial charge in [-0.3, -0.25) is 4.79 Å². The number of hydrogen-bond donors (Lipinski definition) is 0. The average molecular weight is 456 g/mol. The lowest BCUT2D eigenvalue weighted by Crippen LogP contribution is -2.38. The summed E-state index contributed by atoms with van der Waals surface area (Å²) >= 11 is 7.92. The first-order valence-corrected chi connectivity index (χ1v) is 11.3. The fourth-order valence-electron chi connectivity index (χ4n) is 4.07. The van der Waals surface area contributed by atoms with Crippen molar-refractivity contribution in [3.8, 4) is 11.3 Å². The van der Waals surface area contributed by atoms with E-state index in [0.29, 0.717) is 24.8 Å². The number of likely N-dealkylation sites (tertiary alicyclic amines) is 1. The van der Waals surface area contributed by atoms with Crippen LogP contribution in [0, 0.1) is 12.7 Å². The Morgan fingerprint density at radius 2 is 1.97 bits per heavy atom. The molecule has 3 heterocycles. The van der Waals surface area contributed by atoms with Crippen LogP contribution in [-0.4, -0.2) is 34.0 Å². The van der Waals surface area contributed by atoms with E-state index in [2.05, 4.69) is 11.2 Å². The summed E-state index contributed by atoms with van der Waals surface area (Å²) in [6.07, 6.45) is 1.65. The van der Waals surface area contributed by atoms with E-state index < -0.39 is 5.82 Å². The van der Waals surface area contributed by atoms with E-state index in [1.54, 1.807) is 29.2 Å². The molecule has 1 aliphatic heterocycles.